The Bertz CT molecular complexity index is 471. The summed E-state index contributed by atoms with van der Waals surface area (Å²) < 4.78 is 10.6. The van der Waals surface area contributed by atoms with Gasteiger partial charge >= 0.3 is 6.03 Å². The normalized spacial score (nSPS) is 12.3. The van der Waals surface area contributed by atoms with Crippen molar-refractivity contribution in [2.45, 2.75) is 33.1 Å². The Morgan fingerprint density at radius 1 is 1.19 bits per heavy atom. The van der Waals surface area contributed by atoms with Crippen molar-refractivity contribution >= 4 is 6.03 Å². The summed E-state index contributed by atoms with van der Waals surface area (Å²) in [6.45, 7) is 6.71. The molecule has 116 valence electrons. The molecule has 5 heteroatoms. The second-order valence-electron chi connectivity index (χ2n) is 5.16. The minimum Gasteiger partial charge on any atom is -0.454 e. The highest BCUT2D eigenvalue weighted by molar-refractivity contribution is 5.74. The number of benzene rings is 1. The zero-order valence-corrected chi connectivity index (χ0v) is 12.9. The highest BCUT2D eigenvalue weighted by Gasteiger charge is 2.14. The Morgan fingerprint density at radius 2 is 1.90 bits per heavy atom. The van der Waals surface area contributed by atoms with E-state index in [0.29, 0.717) is 13.3 Å². The van der Waals surface area contributed by atoms with E-state index in [1.165, 1.54) is 0 Å². The van der Waals surface area contributed by atoms with Gasteiger partial charge in [-0.3, -0.25) is 0 Å². The van der Waals surface area contributed by atoms with Gasteiger partial charge in [0.2, 0.25) is 6.79 Å². The minimum absolute atomic E-state index is 0.0273. The first-order valence-electron chi connectivity index (χ1n) is 7.66. The van der Waals surface area contributed by atoms with Crippen molar-refractivity contribution in [3.8, 4) is 11.5 Å². The number of amides is 2. The molecule has 0 atom stereocenters. The van der Waals surface area contributed by atoms with Gasteiger partial charge in [0.05, 0.1) is 0 Å². The predicted molar refractivity (Wildman–Crippen MR) is 81.8 cm³/mol. The summed E-state index contributed by atoms with van der Waals surface area (Å²) in [5.74, 6) is 1.58. The number of nitrogens with one attached hydrogen (secondary N) is 1. The first-order chi connectivity index (χ1) is 10.2. The van der Waals surface area contributed by atoms with Crippen LogP contribution in [0.4, 0.5) is 4.79 Å². The molecule has 0 radical (unpaired) electrons. The lowest BCUT2D eigenvalue weighted by atomic mass is 10.1. The van der Waals surface area contributed by atoms with E-state index in [1.807, 2.05) is 23.1 Å². The average Bonchev–Trinajstić information content (AvgIpc) is 2.94. The van der Waals surface area contributed by atoms with Crippen LogP contribution in [-0.2, 0) is 6.42 Å². The van der Waals surface area contributed by atoms with Crippen molar-refractivity contribution in [3.05, 3.63) is 23.8 Å². The number of rotatable bonds is 7. The summed E-state index contributed by atoms with van der Waals surface area (Å²) in [4.78, 5) is 13.9. The molecule has 1 aliphatic rings. The summed E-state index contributed by atoms with van der Waals surface area (Å²) in [6.07, 6.45) is 2.75. The number of fused-ring (bicyclic) bond motifs is 1. The van der Waals surface area contributed by atoms with Crippen LogP contribution in [0, 0.1) is 0 Å². The summed E-state index contributed by atoms with van der Waals surface area (Å²) in [5.41, 5.74) is 1.14. The fourth-order valence-corrected chi connectivity index (χ4v) is 2.38. The van der Waals surface area contributed by atoms with Gasteiger partial charge in [0.15, 0.2) is 11.5 Å². The Kier molecular flexibility index (Phi) is 5.72. The Balaban J connectivity index is 1.79. The number of nitrogens with zero attached hydrogens (tertiary/aromatic N) is 1. The number of hydrogen-bond donors (Lipinski definition) is 1. The van der Waals surface area contributed by atoms with Crippen molar-refractivity contribution in [1.29, 1.82) is 0 Å². The first-order valence-corrected chi connectivity index (χ1v) is 7.66. The largest absolute Gasteiger partial charge is 0.454 e. The molecule has 1 aromatic rings. The topological polar surface area (TPSA) is 50.8 Å². The smallest absolute Gasteiger partial charge is 0.317 e. The maximum Gasteiger partial charge on any atom is 0.317 e. The Hall–Kier alpha value is -1.91. The number of ether oxygens (including phenoxy) is 2. The molecular formula is C16H24N2O3. The molecule has 0 saturated heterocycles. The van der Waals surface area contributed by atoms with Crippen LogP contribution in [0.5, 0.6) is 11.5 Å². The highest BCUT2D eigenvalue weighted by atomic mass is 16.7. The summed E-state index contributed by atoms with van der Waals surface area (Å²) >= 11 is 0. The summed E-state index contributed by atoms with van der Waals surface area (Å²) in [5, 5.41) is 2.98. The van der Waals surface area contributed by atoms with Gasteiger partial charge in [0.25, 0.3) is 0 Å². The minimum atomic E-state index is 0.0273. The van der Waals surface area contributed by atoms with Gasteiger partial charge in [-0.25, -0.2) is 4.79 Å². The van der Waals surface area contributed by atoms with Gasteiger partial charge in [-0.1, -0.05) is 19.9 Å². The molecule has 2 rings (SSSR count). The van der Waals surface area contributed by atoms with Crippen LogP contribution in [0.1, 0.15) is 32.3 Å². The number of carbonyl (C=O) groups excluding carboxylic acids is 1. The van der Waals surface area contributed by atoms with Crippen LogP contribution < -0.4 is 14.8 Å². The van der Waals surface area contributed by atoms with E-state index < -0.39 is 0 Å². The standard InChI is InChI=1S/C16H24N2O3/c1-3-9-18(10-4-2)16(19)17-8-7-13-5-6-14-15(11-13)21-12-20-14/h5-6,11H,3-4,7-10,12H2,1-2H3,(H,17,19). The van der Waals surface area contributed by atoms with E-state index in [4.69, 9.17) is 9.47 Å². The van der Waals surface area contributed by atoms with Gasteiger partial charge in [-0.05, 0) is 37.0 Å². The maximum absolute atomic E-state index is 12.1. The van der Waals surface area contributed by atoms with Gasteiger partial charge in [0.1, 0.15) is 0 Å². The van der Waals surface area contributed by atoms with Gasteiger partial charge in [-0.2, -0.15) is 0 Å². The van der Waals surface area contributed by atoms with Gasteiger partial charge in [0, 0.05) is 19.6 Å². The van der Waals surface area contributed by atoms with Crippen molar-refractivity contribution in [1.82, 2.24) is 10.2 Å². The number of urea groups is 1. The van der Waals surface area contributed by atoms with E-state index in [2.05, 4.69) is 19.2 Å². The fourth-order valence-electron chi connectivity index (χ4n) is 2.38. The predicted octanol–water partition coefficient (Wildman–Crippen LogP) is 2.79. The van der Waals surface area contributed by atoms with Gasteiger partial charge < -0.3 is 19.7 Å². The molecule has 1 aliphatic heterocycles. The number of hydrogen-bond acceptors (Lipinski definition) is 3. The molecule has 0 fully saturated rings. The van der Waals surface area contributed by atoms with E-state index in [9.17, 15) is 4.79 Å². The third-order valence-corrected chi connectivity index (χ3v) is 3.40. The number of carbonyl (C=O) groups is 1. The first kappa shape index (κ1) is 15.5. The monoisotopic (exact) mass is 292 g/mol. The van der Waals surface area contributed by atoms with E-state index in [1.54, 1.807) is 0 Å². The van der Waals surface area contributed by atoms with Crippen molar-refractivity contribution in [3.63, 3.8) is 0 Å². The average molecular weight is 292 g/mol. The summed E-state index contributed by atoms with van der Waals surface area (Å²) in [6, 6.07) is 5.93. The highest BCUT2D eigenvalue weighted by Crippen LogP contribution is 2.32. The SMILES string of the molecule is CCCN(CCC)C(=O)NCCc1ccc2c(c1)OCO2. The van der Waals surface area contributed by atoms with Gasteiger partial charge in [-0.15, -0.1) is 0 Å². The van der Waals surface area contributed by atoms with Crippen molar-refractivity contribution < 1.29 is 14.3 Å². The molecule has 0 aromatic heterocycles. The zero-order chi connectivity index (χ0) is 15.1. The van der Waals surface area contributed by atoms with E-state index in [-0.39, 0.29) is 6.03 Å². The molecule has 0 unspecified atom stereocenters. The second-order valence-corrected chi connectivity index (χ2v) is 5.16. The molecule has 1 aromatic carbocycles. The van der Waals surface area contributed by atoms with Crippen molar-refractivity contribution in [2.24, 2.45) is 0 Å². The third-order valence-electron chi connectivity index (χ3n) is 3.40. The lowest BCUT2D eigenvalue weighted by Crippen LogP contribution is -2.41. The molecule has 0 aliphatic carbocycles. The molecule has 21 heavy (non-hydrogen) atoms. The van der Waals surface area contributed by atoms with Crippen LogP contribution in [0.15, 0.2) is 18.2 Å². The van der Waals surface area contributed by atoms with Crippen molar-refractivity contribution in [2.75, 3.05) is 26.4 Å². The maximum atomic E-state index is 12.1. The van der Waals surface area contributed by atoms with Crippen LogP contribution >= 0.6 is 0 Å². The molecule has 0 spiro atoms. The van der Waals surface area contributed by atoms with E-state index >= 15 is 0 Å². The van der Waals surface area contributed by atoms with Crippen LogP contribution in [-0.4, -0.2) is 37.4 Å². The molecule has 1 heterocycles. The fraction of sp³-hybridized carbons (Fsp3) is 0.562. The van der Waals surface area contributed by atoms with E-state index in [0.717, 1.165) is 49.4 Å². The molecule has 1 N–H and O–H groups in total. The Labute approximate surface area is 126 Å². The third kappa shape index (κ3) is 4.28. The molecule has 5 nitrogen and oxygen atoms in total. The van der Waals surface area contributed by atoms with Crippen LogP contribution in [0.25, 0.3) is 0 Å². The summed E-state index contributed by atoms with van der Waals surface area (Å²) in [7, 11) is 0. The quantitative estimate of drug-likeness (QED) is 0.840. The Morgan fingerprint density at radius 3 is 2.62 bits per heavy atom. The molecule has 2 amide bonds. The lowest BCUT2D eigenvalue weighted by molar-refractivity contribution is 0.174. The van der Waals surface area contributed by atoms with Crippen LogP contribution in [0.3, 0.4) is 0 Å². The lowest BCUT2D eigenvalue weighted by Gasteiger charge is -2.21. The molecular weight excluding hydrogens is 268 g/mol. The second kappa shape index (κ2) is 7.76. The molecule has 0 saturated carbocycles. The molecule has 0 bridgehead atoms. The van der Waals surface area contributed by atoms with Crippen LogP contribution in [0.2, 0.25) is 0 Å². The zero-order valence-electron chi connectivity index (χ0n) is 12.9.